The van der Waals surface area contributed by atoms with Crippen LogP contribution in [0.2, 0.25) is 5.02 Å². The first-order chi connectivity index (χ1) is 11.9. The normalized spacial score (nSPS) is 12.0. The number of hydrogen-bond acceptors (Lipinski definition) is 3. The summed E-state index contributed by atoms with van der Waals surface area (Å²) in [6, 6.07) is 4.50. The number of halogens is 7. The number of methoxy groups -OCH3 is 1. The van der Waals surface area contributed by atoms with Crippen molar-refractivity contribution < 1.29 is 40.6 Å². The smallest absolute Gasteiger partial charge is 0.417 e. The highest BCUT2D eigenvalue weighted by Gasteiger charge is 2.36. The van der Waals surface area contributed by atoms with E-state index in [-0.39, 0.29) is 11.5 Å². The molecule has 0 heterocycles. The van der Waals surface area contributed by atoms with Crippen molar-refractivity contribution in [2.45, 2.75) is 12.4 Å². The molecule has 0 N–H and O–H groups in total. The number of benzene rings is 2. The predicted octanol–water partition coefficient (Wildman–Crippen LogP) is 5.96. The first-order valence-corrected chi connectivity index (χ1v) is 7.15. The van der Waals surface area contributed by atoms with Crippen LogP contribution in [0.5, 0.6) is 11.5 Å². The molecule has 0 radical (unpaired) electrons. The number of carbonyl (C=O) groups excluding carboxylic acids is 1. The minimum Gasteiger partial charge on any atom is -0.465 e. The first-order valence-electron chi connectivity index (χ1n) is 6.77. The van der Waals surface area contributed by atoms with Crippen molar-refractivity contribution in [2.24, 2.45) is 0 Å². The van der Waals surface area contributed by atoms with Crippen LogP contribution in [0.4, 0.5) is 26.3 Å². The van der Waals surface area contributed by atoms with Crippen LogP contribution in [0.15, 0.2) is 36.4 Å². The Morgan fingerprint density at radius 3 is 2.12 bits per heavy atom. The van der Waals surface area contributed by atoms with E-state index in [2.05, 4.69) is 4.74 Å². The van der Waals surface area contributed by atoms with Gasteiger partial charge in [-0.25, -0.2) is 4.79 Å². The maximum Gasteiger partial charge on any atom is 0.417 e. The molecule has 3 nitrogen and oxygen atoms in total. The van der Waals surface area contributed by atoms with Crippen molar-refractivity contribution in [3.8, 4) is 11.5 Å². The molecule has 26 heavy (non-hydrogen) atoms. The number of alkyl halides is 6. The van der Waals surface area contributed by atoms with Crippen LogP contribution in [0, 0.1) is 0 Å². The van der Waals surface area contributed by atoms with Crippen LogP contribution in [0.3, 0.4) is 0 Å². The van der Waals surface area contributed by atoms with Gasteiger partial charge in [-0.3, -0.25) is 0 Å². The molecule has 2 aromatic carbocycles. The third kappa shape index (κ3) is 4.40. The molecule has 0 atom stereocenters. The number of carbonyl (C=O) groups is 1. The van der Waals surface area contributed by atoms with Gasteiger partial charge >= 0.3 is 18.3 Å². The maximum absolute atomic E-state index is 12.9. The Labute approximate surface area is 148 Å². The van der Waals surface area contributed by atoms with E-state index in [0.717, 1.165) is 25.3 Å². The Bertz CT molecular complexity index is 830. The zero-order valence-corrected chi connectivity index (χ0v) is 13.6. The summed E-state index contributed by atoms with van der Waals surface area (Å²) in [4.78, 5) is 11.6. The average molecular weight is 399 g/mol. The van der Waals surface area contributed by atoms with Crippen LogP contribution in [0.25, 0.3) is 0 Å². The van der Waals surface area contributed by atoms with Crippen molar-refractivity contribution in [2.75, 3.05) is 7.11 Å². The standard InChI is InChI=1S/C16H9ClF6O3/c1-25-14(24)10-7-9(3-4-11(10)16(21,22)23)26-13-5-2-8(6-12(13)17)15(18,19)20/h2-7H,1H3. The van der Waals surface area contributed by atoms with E-state index in [1.54, 1.807) is 0 Å². The average Bonchev–Trinajstić information content (AvgIpc) is 2.54. The zero-order chi connectivity index (χ0) is 19.7. The van der Waals surface area contributed by atoms with Crippen molar-refractivity contribution in [1.82, 2.24) is 0 Å². The molecular weight excluding hydrogens is 390 g/mol. The van der Waals surface area contributed by atoms with E-state index >= 15 is 0 Å². The molecule has 10 heteroatoms. The molecule has 0 spiro atoms. The van der Waals surface area contributed by atoms with Gasteiger partial charge in [0.1, 0.15) is 11.5 Å². The van der Waals surface area contributed by atoms with Crippen molar-refractivity contribution >= 4 is 17.6 Å². The highest BCUT2D eigenvalue weighted by atomic mass is 35.5. The Hall–Kier alpha value is -2.42. The Balaban J connectivity index is 2.40. The molecule has 2 aromatic rings. The molecular formula is C16H9ClF6O3. The molecule has 0 saturated carbocycles. The molecule has 0 aliphatic rings. The Morgan fingerprint density at radius 2 is 1.62 bits per heavy atom. The van der Waals surface area contributed by atoms with Gasteiger partial charge in [-0.05, 0) is 36.4 Å². The molecule has 0 aliphatic heterocycles. The van der Waals surface area contributed by atoms with Gasteiger partial charge in [0.05, 0.1) is 28.8 Å². The summed E-state index contributed by atoms with van der Waals surface area (Å²) in [6.07, 6.45) is -9.43. The lowest BCUT2D eigenvalue weighted by Crippen LogP contribution is -2.14. The molecule has 0 aromatic heterocycles. The molecule has 0 amide bonds. The summed E-state index contributed by atoms with van der Waals surface area (Å²) >= 11 is 5.72. The van der Waals surface area contributed by atoms with Crippen molar-refractivity contribution in [1.29, 1.82) is 0 Å². The lowest BCUT2D eigenvalue weighted by atomic mass is 10.1. The van der Waals surface area contributed by atoms with E-state index < -0.39 is 40.0 Å². The number of hydrogen-bond donors (Lipinski definition) is 0. The van der Waals surface area contributed by atoms with Gasteiger partial charge < -0.3 is 9.47 Å². The topological polar surface area (TPSA) is 35.5 Å². The quantitative estimate of drug-likeness (QED) is 0.473. The second kappa shape index (κ2) is 7.06. The summed E-state index contributed by atoms with van der Waals surface area (Å²) in [5, 5.41) is -0.403. The van der Waals surface area contributed by atoms with E-state index in [9.17, 15) is 31.1 Å². The van der Waals surface area contributed by atoms with E-state index in [1.807, 2.05) is 0 Å². The van der Waals surface area contributed by atoms with Gasteiger partial charge in [0.15, 0.2) is 0 Å². The summed E-state index contributed by atoms with van der Waals surface area (Å²) < 4.78 is 86.2. The summed E-state index contributed by atoms with van der Waals surface area (Å²) in [5.41, 5.74) is -3.06. The summed E-state index contributed by atoms with van der Waals surface area (Å²) in [5.74, 6) is -1.71. The summed E-state index contributed by atoms with van der Waals surface area (Å²) in [7, 11) is 0.906. The van der Waals surface area contributed by atoms with Crippen LogP contribution in [-0.4, -0.2) is 13.1 Å². The van der Waals surface area contributed by atoms with Crippen LogP contribution >= 0.6 is 11.6 Å². The van der Waals surface area contributed by atoms with Crippen LogP contribution < -0.4 is 4.74 Å². The fourth-order valence-electron chi connectivity index (χ4n) is 2.00. The minimum atomic E-state index is -4.81. The van der Waals surface area contributed by atoms with Gasteiger partial charge in [0.2, 0.25) is 0 Å². The monoisotopic (exact) mass is 398 g/mol. The molecule has 0 aliphatic carbocycles. The minimum absolute atomic E-state index is 0.227. The second-order valence-electron chi connectivity index (χ2n) is 4.94. The maximum atomic E-state index is 12.9. The fourth-order valence-corrected chi connectivity index (χ4v) is 2.22. The fraction of sp³-hybridized carbons (Fsp3) is 0.188. The lowest BCUT2D eigenvalue weighted by molar-refractivity contribution is -0.138. The van der Waals surface area contributed by atoms with Crippen molar-refractivity contribution in [3.05, 3.63) is 58.1 Å². The van der Waals surface area contributed by atoms with Crippen LogP contribution in [-0.2, 0) is 17.1 Å². The molecule has 2 rings (SSSR count). The lowest BCUT2D eigenvalue weighted by Gasteiger charge is -2.14. The van der Waals surface area contributed by atoms with Crippen molar-refractivity contribution in [3.63, 3.8) is 0 Å². The van der Waals surface area contributed by atoms with Gasteiger partial charge in [0.25, 0.3) is 0 Å². The number of ether oxygens (including phenoxy) is 2. The van der Waals surface area contributed by atoms with E-state index in [0.29, 0.717) is 18.2 Å². The Morgan fingerprint density at radius 1 is 0.962 bits per heavy atom. The molecule has 0 fully saturated rings. The predicted molar refractivity (Wildman–Crippen MR) is 79.3 cm³/mol. The number of esters is 1. The van der Waals surface area contributed by atoms with Gasteiger partial charge in [-0.1, -0.05) is 11.6 Å². The number of rotatable bonds is 3. The van der Waals surface area contributed by atoms with Crippen LogP contribution in [0.1, 0.15) is 21.5 Å². The second-order valence-corrected chi connectivity index (χ2v) is 5.35. The highest BCUT2D eigenvalue weighted by Crippen LogP contribution is 2.38. The van der Waals surface area contributed by atoms with Gasteiger partial charge in [-0.2, -0.15) is 26.3 Å². The third-order valence-electron chi connectivity index (χ3n) is 3.19. The molecule has 0 saturated heterocycles. The third-order valence-corrected chi connectivity index (χ3v) is 3.48. The molecule has 140 valence electrons. The van der Waals surface area contributed by atoms with E-state index in [4.69, 9.17) is 16.3 Å². The van der Waals surface area contributed by atoms with Gasteiger partial charge in [0, 0.05) is 0 Å². The largest absolute Gasteiger partial charge is 0.465 e. The zero-order valence-electron chi connectivity index (χ0n) is 12.8. The summed E-state index contributed by atoms with van der Waals surface area (Å²) in [6.45, 7) is 0. The molecule has 0 unspecified atom stereocenters. The highest BCUT2D eigenvalue weighted by molar-refractivity contribution is 6.32. The first kappa shape index (κ1) is 19.9. The Kier molecular flexibility index (Phi) is 5.41. The van der Waals surface area contributed by atoms with Gasteiger partial charge in [-0.15, -0.1) is 0 Å². The SMILES string of the molecule is COC(=O)c1cc(Oc2ccc(C(F)(F)F)cc2Cl)ccc1C(F)(F)F. The van der Waals surface area contributed by atoms with E-state index in [1.165, 1.54) is 0 Å². The molecule has 0 bridgehead atoms.